The van der Waals surface area contributed by atoms with Gasteiger partial charge in [-0.1, -0.05) is 41.2 Å². The van der Waals surface area contributed by atoms with Crippen molar-refractivity contribution < 1.29 is 4.79 Å². The van der Waals surface area contributed by atoms with Crippen LogP contribution in [0, 0.1) is 6.92 Å². The lowest BCUT2D eigenvalue weighted by Gasteiger charge is -1.99. The van der Waals surface area contributed by atoms with E-state index < -0.39 is 0 Å². The highest BCUT2D eigenvalue weighted by atomic mass is 32.1. The van der Waals surface area contributed by atoms with E-state index >= 15 is 0 Å². The number of nitrogens with zero attached hydrogens (tertiary/aromatic N) is 4. The van der Waals surface area contributed by atoms with Gasteiger partial charge in [0.2, 0.25) is 11.0 Å². The summed E-state index contributed by atoms with van der Waals surface area (Å²) in [6, 6.07) is 8.33. The largest absolute Gasteiger partial charge is 0.301 e. The highest BCUT2D eigenvalue weighted by Gasteiger charge is 2.09. The third-order valence-electron chi connectivity index (χ3n) is 3.59. The van der Waals surface area contributed by atoms with Crippen LogP contribution in [0.25, 0.3) is 0 Å². The third kappa shape index (κ3) is 4.48. The van der Waals surface area contributed by atoms with Crippen molar-refractivity contribution in [1.82, 2.24) is 20.0 Å². The lowest BCUT2D eigenvalue weighted by molar-refractivity contribution is -0.116. The van der Waals surface area contributed by atoms with Crippen LogP contribution in [0.3, 0.4) is 0 Å². The first kappa shape index (κ1) is 16.3. The fraction of sp³-hybridized carbons (Fsp3) is 0.294. The zero-order chi connectivity index (χ0) is 16.9. The minimum atomic E-state index is -0.0584. The molecule has 0 aliphatic rings. The lowest BCUT2D eigenvalue weighted by atomic mass is 10.1. The van der Waals surface area contributed by atoms with Gasteiger partial charge in [0.25, 0.3) is 0 Å². The highest BCUT2D eigenvalue weighted by Crippen LogP contribution is 2.19. The van der Waals surface area contributed by atoms with Crippen LogP contribution >= 0.6 is 11.3 Å². The van der Waals surface area contributed by atoms with E-state index in [-0.39, 0.29) is 5.91 Å². The molecule has 7 heteroatoms. The molecule has 0 bridgehead atoms. The van der Waals surface area contributed by atoms with Crippen LogP contribution in [0.5, 0.6) is 0 Å². The van der Waals surface area contributed by atoms with E-state index in [1.165, 1.54) is 22.5 Å². The number of hydrogen-bond donors (Lipinski definition) is 1. The van der Waals surface area contributed by atoms with Crippen molar-refractivity contribution in [3.63, 3.8) is 0 Å². The van der Waals surface area contributed by atoms with Crippen molar-refractivity contribution in [3.8, 4) is 0 Å². The Morgan fingerprint density at radius 3 is 2.71 bits per heavy atom. The maximum absolute atomic E-state index is 12.0. The summed E-state index contributed by atoms with van der Waals surface area (Å²) in [4.78, 5) is 12.0. The Bertz CT molecular complexity index is 822. The normalized spacial score (nSPS) is 10.8. The zero-order valence-corrected chi connectivity index (χ0v) is 14.5. The maximum atomic E-state index is 12.0. The number of benzene rings is 1. The second-order valence-electron chi connectivity index (χ2n) is 5.73. The second-order valence-corrected chi connectivity index (χ2v) is 6.80. The molecule has 0 aliphatic carbocycles. The minimum Gasteiger partial charge on any atom is -0.301 e. The molecule has 0 fully saturated rings. The van der Waals surface area contributed by atoms with Crippen LogP contribution in [0.1, 0.15) is 28.1 Å². The van der Waals surface area contributed by atoms with Gasteiger partial charge < -0.3 is 5.32 Å². The molecule has 1 aromatic carbocycles. The molecule has 0 radical (unpaired) electrons. The summed E-state index contributed by atoms with van der Waals surface area (Å²) in [5.41, 5.74) is 3.47. The number of aromatic nitrogens is 4. The second kappa shape index (κ2) is 7.35. The van der Waals surface area contributed by atoms with E-state index in [4.69, 9.17) is 0 Å². The summed E-state index contributed by atoms with van der Waals surface area (Å²) in [6.07, 6.45) is 5.48. The average molecular weight is 341 g/mol. The Morgan fingerprint density at radius 1 is 1.21 bits per heavy atom. The lowest BCUT2D eigenvalue weighted by Crippen LogP contribution is -2.12. The van der Waals surface area contributed by atoms with E-state index in [0.717, 1.165) is 17.0 Å². The number of carbonyl (C=O) groups is 1. The van der Waals surface area contributed by atoms with Crippen LogP contribution in [-0.4, -0.2) is 25.9 Å². The quantitative estimate of drug-likeness (QED) is 0.748. The predicted molar refractivity (Wildman–Crippen MR) is 94.1 cm³/mol. The summed E-state index contributed by atoms with van der Waals surface area (Å²) < 4.78 is 1.73. The molecule has 0 unspecified atom stereocenters. The Balaban J connectivity index is 1.51. The first-order valence-electron chi connectivity index (χ1n) is 7.74. The topological polar surface area (TPSA) is 72.7 Å². The van der Waals surface area contributed by atoms with Crippen molar-refractivity contribution >= 4 is 22.4 Å². The van der Waals surface area contributed by atoms with E-state index in [9.17, 15) is 4.79 Å². The zero-order valence-electron chi connectivity index (χ0n) is 13.7. The van der Waals surface area contributed by atoms with Crippen LogP contribution in [0.4, 0.5) is 5.13 Å². The van der Waals surface area contributed by atoms with Gasteiger partial charge in [-0.3, -0.25) is 9.48 Å². The fourth-order valence-corrected chi connectivity index (χ4v) is 3.09. The van der Waals surface area contributed by atoms with Crippen molar-refractivity contribution in [1.29, 1.82) is 0 Å². The predicted octanol–water partition coefficient (Wildman–Crippen LogP) is 2.74. The van der Waals surface area contributed by atoms with E-state index in [1.54, 1.807) is 10.9 Å². The van der Waals surface area contributed by atoms with Gasteiger partial charge in [0.15, 0.2) is 0 Å². The Hall–Kier alpha value is -2.54. The third-order valence-corrected chi connectivity index (χ3v) is 4.43. The average Bonchev–Trinajstić information content (AvgIpc) is 3.17. The molecule has 2 heterocycles. The van der Waals surface area contributed by atoms with Crippen LogP contribution in [0.15, 0.2) is 36.7 Å². The molecule has 0 aliphatic heterocycles. The number of nitrogens with one attached hydrogen (secondary N) is 1. The summed E-state index contributed by atoms with van der Waals surface area (Å²) in [5, 5.41) is 16.5. The van der Waals surface area contributed by atoms with E-state index in [0.29, 0.717) is 18.0 Å². The van der Waals surface area contributed by atoms with Gasteiger partial charge in [-0.05, 0) is 24.5 Å². The van der Waals surface area contributed by atoms with Crippen LogP contribution < -0.4 is 5.32 Å². The first-order valence-corrected chi connectivity index (χ1v) is 8.55. The van der Waals surface area contributed by atoms with Crippen LogP contribution in [0.2, 0.25) is 0 Å². The Morgan fingerprint density at radius 2 is 2.00 bits per heavy atom. The molecule has 2 aromatic heterocycles. The monoisotopic (exact) mass is 341 g/mol. The Labute approximate surface area is 144 Å². The van der Waals surface area contributed by atoms with Gasteiger partial charge in [-0.15, -0.1) is 10.2 Å². The molecule has 3 rings (SSSR count). The molecule has 1 N–H and O–H groups in total. The van der Waals surface area contributed by atoms with Crippen molar-refractivity contribution in [2.24, 2.45) is 7.05 Å². The standard InChI is InChI=1S/C17H19N5OS/c1-12-3-5-13(6-4-12)9-16-20-21-17(24-16)19-15(23)8-7-14-10-18-22(2)11-14/h3-6,10-11H,7-9H2,1-2H3,(H,19,21,23). The molecule has 6 nitrogen and oxygen atoms in total. The number of rotatable bonds is 6. The number of carbonyl (C=O) groups excluding carboxylic acids is 1. The van der Waals surface area contributed by atoms with Crippen LogP contribution in [-0.2, 0) is 24.7 Å². The number of aryl methyl sites for hydroxylation is 3. The van der Waals surface area contributed by atoms with Gasteiger partial charge in [0, 0.05) is 26.1 Å². The van der Waals surface area contributed by atoms with Gasteiger partial charge in [0.05, 0.1) is 6.20 Å². The number of amides is 1. The van der Waals surface area contributed by atoms with Crippen molar-refractivity contribution in [3.05, 3.63) is 58.4 Å². The molecule has 124 valence electrons. The molecular formula is C17H19N5OS. The summed E-state index contributed by atoms with van der Waals surface area (Å²) >= 11 is 1.42. The smallest absolute Gasteiger partial charge is 0.226 e. The summed E-state index contributed by atoms with van der Waals surface area (Å²) in [6.45, 7) is 2.06. The van der Waals surface area contributed by atoms with Crippen molar-refractivity contribution in [2.75, 3.05) is 5.32 Å². The van der Waals surface area contributed by atoms with Gasteiger partial charge >= 0.3 is 0 Å². The number of hydrogen-bond acceptors (Lipinski definition) is 5. The van der Waals surface area contributed by atoms with E-state index in [2.05, 4.69) is 51.8 Å². The molecule has 0 atom stereocenters. The SMILES string of the molecule is Cc1ccc(Cc2nnc(NC(=O)CCc3cnn(C)c3)s2)cc1. The minimum absolute atomic E-state index is 0.0584. The van der Waals surface area contributed by atoms with E-state index in [1.807, 2.05) is 13.2 Å². The fourth-order valence-electron chi connectivity index (χ4n) is 2.30. The molecule has 1 amide bonds. The molecule has 3 aromatic rings. The highest BCUT2D eigenvalue weighted by molar-refractivity contribution is 7.15. The first-order chi connectivity index (χ1) is 11.6. The molecule has 0 spiro atoms. The van der Waals surface area contributed by atoms with Crippen molar-refractivity contribution in [2.45, 2.75) is 26.2 Å². The summed E-state index contributed by atoms with van der Waals surface area (Å²) in [7, 11) is 1.86. The Kier molecular flexibility index (Phi) is 5.00. The van der Waals surface area contributed by atoms with Gasteiger partial charge in [-0.2, -0.15) is 5.10 Å². The molecular weight excluding hydrogens is 322 g/mol. The summed E-state index contributed by atoms with van der Waals surface area (Å²) in [5.74, 6) is -0.0584. The molecule has 0 saturated heterocycles. The molecule has 0 saturated carbocycles. The number of anilines is 1. The molecule has 24 heavy (non-hydrogen) atoms. The van der Waals surface area contributed by atoms with Gasteiger partial charge in [-0.25, -0.2) is 0 Å². The van der Waals surface area contributed by atoms with Gasteiger partial charge in [0.1, 0.15) is 5.01 Å². The maximum Gasteiger partial charge on any atom is 0.226 e.